The first-order valence-electron chi connectivity index (χ1n) is 5.64. The molecule has 0 spiro atoms. The first kappa shape index (κ1) is 10.5. The summed E-state index contributed by atoms with van der Waals surface area (Å²) in [4.78, 5) is 4.28. The standard InChI is InChI=1S/C11H19N3O/c1-15-9-6-13-11-12-5-8-14(11)7-4-10-2-3-10/h5,8,10H,2-4,6-7,9H2,1H3,(H,12,13). The zero-order valence-electron chi connectivity index (χ0n) is 9.28. The van der Waals surface area contributed by atoms with Crippen LogP contribution >= 0.6 is 0 Å². The van der Waals surface area contributed by atoms with Crippen LogP contribution in [-0.2, 0) is 11.3 Å². The zero-order valence-corrected chi connectivity index (χ0v) is 9.28. The highest BCUT2D eigenvalue weighted by Crippen LogP contribution is 2.32. The van der Waals surface area contributed by atoms with E-state index in [4.69, 9.17) is 4.74 Å². The van der Waals surface area contributed by atoms with Crippen molar-refractivity contribution < 1.29 is 4.74 Å². The lowest BCUT2D eigenvalue weighted by atomic mass is 10.3. The topological polar surface area (TPSA) is 39.1 Å². The molecule has 4 nitrogen and oxygen atoms in total. The quantitative estimate of drug-likeness (QED) is 0.695. The molecule has 1 aromatic heterocycles. The molecule has 4 heteroatoms. The largest absolute Gasteiger partial charge is 0.383 e. The van der Waals surface area contributed by atoms with Crippen molar-refractivity contribution in [3.8, 4) is 0 Å². The lowest BCUT2D eigenvalue weighted by molar-refractivity contribution is 0.210. The third kappa shape index (κ3) is 3.23. The SMILES string of the molecule is COCCNc1nccn1CCC1CC1. The van der Waals surface area contributed by atoms with Gasteiger partial charge in [-0.2, -0.15) is 0 Å². The lowest BCUT2D eigenvalue weighted by Gasteiger charge is -2.08. The third-order valence-electron chi connectivity index (χ3n) is 2.78. The smallest absolute Gasteiger partial charge is 0.202 e. The minimum absolute atomic E-state index is 0.718. The third-order valence-corrected chi connectivity index (χ3v) is 2.78. The van der Waals surface area contributed by atoms with Crippen LogP contribution in [0.5, 0.6) is 0 Å². The fourth-order valence-electron chi connectivity index (χ4n) is 1.65. The molecule has 1 aliphatic rings. The number of nitrogens with zero attached hydrogens (tertiary/aromatic N) is 2. The molecule has 1 heterocycles. The van der Waals surface area contributed by atoms with Gasteiger partial charge in [0.2, 0.25) is 5.95 Å². The van der Waals surface area contributed by atoms with Crippen LogP contribution in [0, 0.1) is 5.92 Å². The molecule has 0 aliphatic heterocycles. The van der Waals surface area contributed by atoms with Crippen LogP contribution in [0.1, 0.15) is 19.3 Å². The fourth-order valence-corrected chi connectivity index (χ4v) is 1.65. The van der Waals surface area contributed by atoms with E-state index >= 15 is 0 Å². The molecule has 15 heavy (non-hydrogen) atoms. The van der Waals surface area contributed by atoms with Crippen molar-refractivity contribution in [2.75, 3.05) is 25.6 Å². The highest BCUT2D eigenvalue weighted by atomic mass is 16.5. The highest BCUT2D eigenvalue weighted by molar-refractivity contribution is 5.25. The molecule has 1 saturated carbocycles. The van der Waals surface area contributed by atoms with E-state index in [0.717, 1.165) is 31.6 Å². The molecular weight excluding hydrogens is 190 g/mol. The summed E-state index contributed by atoms with van der Waals surface area (Å²) in [6.45, 7) is 2.62. The summed E-state index contributed by atoms with van der Waals surface area (Å²) in [6.07, 6.45) is 8.01. The Morgan fingerprint density at radius 1 is 1.60 bits per heavy atom. The Morgan fingerprint density at radius 2 is 2.47 bits per heavy atom. The lowest BCUT2D eigenvalue weighted by Crippen LogP contribution is -2.12. The van der Waals surface area contributed by atoms with Crippen molar-refractivity contribution in [3.63, 3.8) is 0 Å². The zero-order chi connectivity index (χ0) is 10.5. The van der Waals surface area contributed by atoms with Gasteiger partial charge < -0.3 is 14.6 Å². The van der Waals surface area contributed by atoms with Gasteiger partial charge in [0.25, 0.3) is 0 Å². The molecular formula is C11H19N3O. The Hall–Kier alpha value is -1.03. The van der Waals surface area contributed by atoms with E-state index in [9.17, 15) is 0 Å². The van der Waals surface area contributed by atoms with Gasteiger partial charge in [-0.15, -0.1) is 0 Å². The Labute approximate surface area is 90.6 Å². The van der Waals surface area contributed by atoms with E-state index in [1.807, 2.05) is 12.4 Å². The number of aromatic nitrogens is 2. The van der Waals surface area contributed by atoms with Crippen LogP contribution in [0.3, 0.4) is 0 Å². The van der Waals surface area contributed by atoms with Gasteiger partial charge in [0, 0.05) is 32.6 Å². The molecule has 1 N–H and O–H groups in total. The van der Waals surface area contributed by atoms with Crippen molar-refractivity contribution in [3.05, 3.63) is 12.4 Å². The van der Waals surface area contributed by atoms with E-state index in [0.29, 0.717) is 0 Å². The monoisotopic (exact) mass is 209 g/mol. The summed E-state index contributed by atoms with van der Waals surface area (Å²) < 4.78 is 7.18. The first-order chi connectivity index (χ1) is 7.40. The summed E-state index contributed by atoms with van der Waals surface area (Å²) in [7, 11) is 1.71. The summed E-state index contributed by atoms with van der Waals surface area (Å²) in [5, 5.41) is 3.27. The average Bonchev–Trinajstić information content (AvgIpc) is 2.97. The van der Waals surface area contributed by atoms with Gasteiger partial charge in [-0.25, -0.2) is 4.98 Å². The number of ether oxygens (including phenoxy) is 1. The van der Waals surface area contributed by atoms with Crippen LogP contribution in [0.4, 0.5) is 5.95 Å². The van der Waals surface area contributed by atoms with Crippen molar-refractivity contribution in [2.24, 2.45) is 5.92 Å². The van der Waals surface area contributed by atoms with E-state index in [2.05, 4.69) is 14.9 Å². The minimum atomic E-state index is 0.718. The molecule has 1 aliphatic carbocycles. The number of anilines is 1. The molecule has 1 aromatic rings. The normalized spacial score (nSPS) is 15.5. The molecule has 2 rings (SSSR count). The number of hydrogen-bond donors (Lipinski definition) is 1. The Bertz CT molecular complexity index is 294. The Morgan fingerprint density at radius 3 is 3.20 bits per heavy atom. The van der Waals surface area contributed by atoms with Gasteiger partial charge in [-0.1, -0.05) is 12.8 Å². The maximum absolute atomic E-state index is 4.99. The Kier molecular flexibility index (Phi) is 3.61. The van der Waals surface area contributed by atoms with E-state index in [1.54, 1.807) is 7.11 Å². The van der Waals surface area contributed by atoms with Crippen LogP contribution in [0.25, 0.3) is 0 Å². The summed E-state index contributed by atoms with van der Waals surface area (Å²) in [5.41, 5.74) is 0. The van der Waals surface area contributed by atoms with Crippen molar-refractivity contribution in [1.82, 2.24) is 9.55 Å². The molecule has 0 atom stereocenters. The van der Waals surface area contributed by atoms with Gasteiger partial charge in [-0.05, 0) is 12.3 Å². The van der Waals surface area contributed by atoms with Crippen LogP contribution in [0.15, 0.2) is 12.4 Å². The van der Waals surface area contributed by atoms with E-state index < -0.39 is 0 Å². The van der Waals surface area contributed by atoms with Gasteiger partial charge >= 0.3 is 0 Å². The predicted octanol–water partition coefficient (Wildman–Crippen LogP) is 1.74. The van der Waals surface area contributed by atoms with Crippen molar-refractivity contribution in [2.45, 2.75) is 25.8 Å². The number of imidazole rings is 1. The minimum Gasteiger partial charge on any atom is -0.383 e. The molecule has 84 valence electrons. The maximum Gasteiger partial charge on any atom is 0.202 e. The van der Waals surface area contributed by atoms with Crippen LogP contribution < -0.4 is 5.32 Å². The molecule has 0 radical (unpaired) electrons. The number of hydrogen-bond acceptors (Lipinski definition) is 3. The molecule has 0 saturated heterocycles. The highest BCUT2D eigenvalue weighted by Gasteiger charge is 2.20. The Balaban J connectivity index is 1.78. The molecule has 0 amide bonds. The molecule has 0 unspecified atom stereocenters. The van der Waals surface area contributed by atoms with Crippen LogP contribution in [0.2, 0.25) is 0 Å². The maximum atomic E-state index is 4.99. The van der Waals surface area contributed by atoms with Gasteiger partial charge in [0.1, 0.15) is 0 Å². The summed E-state index contributed by atoms with van der Waals surface area (Å²) >= 11 is 0. The summed E-state index contributed by atoms with van der Waals surface area (Å²) in [5.74, 6) is 1.94. The van der Waals surface area contributed by atoms with Crippen LogP contribution in [-0.4, -0.2) is 29.8 Å². The number of nitrogens with one attached hydrogen (secondary N) is 1. The second kappa shape index (κ2) is 5.16. The van der Waals surface area contributed by atoms with Gasteiger partial charge in [0.05, 0.1) is 6.61 Å². The molecule has 0 bridgehead atoms. The summed E-state index contributed by atoms with van der Waals surface area (Å²) in [6, 6.07) is 0. The second-order valence-electron chi connectivity index (χ2n) is 4.10. The van der Waals surface area contributed by atoms with E-state index in [1.165, 1.54) is 19.3 Å². The van der Waals surface area contributed by atoms with Crippen molar-refractivity contribution in [1.29, 1.82) is 0 Å². The first-order valence-corrected chi connectivity index (χ1v) is 5.64. The van der Waals surface area contributed by atoms with Gasteiger partial charge in [0.15, 0.2) is 0 Å². The fraction of sp³-hybridized carbons (Fsp3) is 0.727. The predicted molar refractivity (Wildman–Crippen MR) is 59.9 cm³/mol. The molecule has 1 fully saturated rings. The number of aryl methyl sites for hydroxylation is 1. The number of methoxy groups -OCH3 is 1. The number of rotatable bonds is 7. The van der Waals surface area contributed by atoms with E-state index in [-0.39, 0.29) is 0 Å². The average molecular weight is 209 g/mol. The molecule has 0 aromatic carbocycles. The van der Waals surface area contributed by atoms with Crippen molar-refractivity contribution >= 4 is 5.95 Å². The second-order valence-corrected chi connectivity index (χ2v) is 4.10. The van der Waals surface area contributed by atoms with Gasteiger partial charge in [-0.3, -0.25) is 0 Å².